The lowest BCUT2D eigenvalue weighted by Gasteiger charge is -2.32. The maximum atomic E-state index is 12.4. The van der Waals surface area contributed by atoms with Crippen LogP contribution in [0.5, 0.6) is 0 Å². The Morgan fingerprint density at radius 1 is 1.15 bits per heavy atom. The van der Waals surface area contributed by atoms with Crippen LogP contribution < -0.4 is 10.6 Å². The third-order valence-corrected chi connectivity index (χ3v) is 4.86. The van der Waals surface area contributed by atoms with Crippen LogP contribution in [-0.4, -0.2) is 81.8 Å². The first-order valence-electron chi connectivity index (χ1n) is 9.76. The third-order valence-electron chi connectivity index (χ3n) is 4.86. The number of piperidine rings is 1. The standard InChI is InChI=1S/C18H36F3N5/c1-4-5-11-25(3)14-10-24-17(22-2)23-9-6-16-7-12-26(13-8-16)15-18(19,20)21/h16H,4-15H2,1-3H3,(H2,22,23,24). The summed E-state index contributed by atoms with van der Waals surface area (Å²) in [5.74, 6) is 1.29. The molecule has 0 spiro atoms. The average Bonchev–Trinajstić information content (AvgIpc) is 2.58. The smallest absolute Gasteiger partial charge is 0.356 e. The maximum absolute atomic E-state index is 12.4. The average molecular weight is 380 g/mol. The van der Waals surface area contributed by atoms with Crippen LogP contribution in [0.25, 0.3) is 0 Å². The number of rotatable bonds is 10. The number of nitrogens with zero attached hydrogens (tertiary/aromatic N) is 3. The summed E-state index contributed by atoms with van der Waals surface area (Å²) in [6, 6.07) is 0. The molecule has 1 fully saturated rings. The van der Waals surface area contributed by atoms with Crippen molar-refractivity contribution < 1.29 is 13.2 Å². The van der Waals surface area contributed by atoms with Crippen molar-refractivity contribution in [1.82, 2.24) is 20.4 Å². The fourth-order valence-electron chi connectivity index (χ4n) is 3.21. The Balaban J connectivity index is 2.12. The molecule has 2 N–H and O–H groups in total. The van der Waals surface area contributed by atoms with Crippen LogP contribution >= 0.6 is 0 Å². The summed E-state index contributed by atoms with van der Waals surface area (Å²) >= 11 is 0. The Morgan fingerprint density at radius 3 is 2.38 bits per heavy atom. The largest absolute Gasteiger partial charge is 0.401 e. The number of halogens is 3. The van der Waals surface area contributed by atoms with Crippen LogP contribution in [0.1, 0.15) is 39.0 Å². The highest BCUT2D eigenvalue weighted by Crippen LogP contribution is 2.23. The molecule has 0 amide bonds. The molecule has 0 saturated carbocycles. The van der Waals surface area contributed by atoms with Gasteiger partial charge in [-0.05, 0) is 58.3 Å². The van der Waals surface area contributed by atoms with Crippen LogP contribution in [0, 0.1) is 5.92 Å². The molecule has 0 radical (unpaired) electrons. The second-order valence-electron chi connectivity index (χ2n) is 7.21. The van der Waals surface area contributed by atoms with Gasteiger partial charge in [-0.1, -0.05) is 13.3 Å². The fourth-order valence-corrected chi connectivity index (χ4v) is 3.21. The first kappa shape index (κ1) is 23.0. The Morgan fingerprint density at radius 2 is 1.81 bits per heavy atom. The van der Waals surface area contributed by atoms with Crippen molar-refractivity contribution >= 4 is 5.96 Å². The van der Waals surface area contributed by atoms with E-state index < -0.39 is 12.7 Å². The molecule has 8 heteroatoms. The van der Waals surface area contributed by atoms with Gasteiger partial charge in [0, 0.05) is 26.7 Å². The molecule has 1 heterocycles. The van der Waals surface area contributed by atoms with Crippen LogP contribution in [0.4, 0.5) is 13.2 Å². The number of guanidine groups is 1. The van der Waals surface area contributed by atoms with Gasteiger partial charge in [-0.25, -0.2) is 0 Å². The first-order valence-corrected chi connectivity index (χ1v) is 9.76. The summed E-state index contributed by atoms with van der Waals surface area (Å²) in [4.78, 5) is 8.04. The highest BCUT2D eigenvalue weighted by molar-refractivity contribution is 5.79. The summed E-state index contributed by atoms with van der Waals surface area (Å²) in [6.45, 7) is 6.22. The molecule has 1 saturated heterocycles. The van der Waals surface area contributed by atoms with Crippen molar-refractivity contribution in [3.63, 3.8) is 0 Å². The van der Waals surface area contributed by atoms with Gasteiger partial charge >= 0.3 is 6.18 Å². The normalized spacial score (nSPS) is 17.7. The Kier molecular flexibility index (Phi) is 11.0. The number of hydrogen-bond donors (Lipinski definition) is 2. The summed E-state index contributed by atoms with van der Waals surface area (Å²) < 4.78 is 37.2. The number of nitrogens with one attached hydrogen (secondary N) is 2. The topological polar surface area (TPSA) is 42.9 Å². The lowest BCUT2D eigenvalue weighted by Crippen LogP contribution is -2.43. The predicted molar refractivity (Wildman–Crippen MR) is 102 cm³/mol. The minimum absolute atomic E-state index is 0.491. The highest BCUT2D eigenvalue weighted by atomic mass is 19.4. The molecule has 0 aromatic rings. The van der Waals surface area contributed by atoms with Crippen molar-refractivity contribution in [1.29, 1.82) is 0 Å². The monoisotopic (exact) mass is 379 g/mol. The SMILES string of the molecule is CCCCN(C)CCNC(=NC)NCCC1CCN(CC(F)(F)F)CC1. The highest BCUT2D eigenvalue weighted by Gasteiger charge is 2.32. The van der Waals surface area contributed by atoms with E-state index >= 15 is 0 Å². The van der Waals surface area contributed by atoms with Gasteiger partial charge in [0.25, 0.3) is 0 Å². The van der Waals surface area contributed by atoms with Crippen LogP contribution in [0.15, 0.2) is 4.99 Å². The van der Waals surface area contributed by atoms with Crippen molar-refractivity contribution in [2.45, 2.75) is 45.2 Å². The lowest BCUT2D eigenvalue weighted by atomic mass is 9.93. The second-order valence-corrected chi connectivity index (χ2v) is 7.21. The van der Waals surface area contributed by atoms with Crippen molar-refractivity contribution in [2.75, 3.05) is 59.9 Å². The van der Waals surface area contributed by atoms with E-state index in [0.29, 0.717) is 19.0 Å². The van der Waals surface area contributed by atoms with Gasteiger partial charge in [-0.15, -0.1) is 0 Å². The molecule has 154 valence electrons. The zero-order valence-corrected chi connectivity index (χ0v) is 16.5. The summed E-state index contributed by atoms with van der Waals surface area (Å²) in [6.07, 6.45) is 0.980. The minimum atomic E-state index is -4.09. The summed E-state index contributed by atoms with van der Waals surface area (Å²) in [5, 5.41) is 6.62. The van der Waals surface area contributed by atoms with Crippen molar-refractivity contribution in [3.8, 4) is 0 Å². The number of unbranched alkanes of at least 4 members (excludes halogenated alkanes) is 1. The molecular weight excluding hydrogens is 343 g/mol. The number of likely N-dealkylation sites (tertiary alicyclic amines) is 1. The molecule has 0 aromatic carbocycles. The third kappa shape index (κ3) is 10.9. The molecule has 0 atom stereocenters. The Bertz CT molecular complexity index is 393. The molecule has 0 aromatic heterocycles. The van der Waals surface area contributed by atoms with E-state index in [2.05, 4.69) is 34.5 Å². The molecule has 26 heavy (non-hydrogen) atoms. The van der Waals surface area contributed by atoms with Gasteiger partial charge in [-0.2, -0.15) is 13.2 Å². The lowest BCUT2D eigenvalue weighted by molar-refractivity contribution is -0.148. The maximum Gasteiger partial charge on any atom is 0.401 e. The quantitative estimate of drug-likeness (QED) is 0.452. The van der Waals surface area contributed by atoms with E-state index in [1.807, 2.05) is 0 Å². The molecule has 1 aliphatic heterocycles. The number of likely N-dealkylation sites (N-methyl/N-ethyl adjacent to an activating group) is 1. The van der Waals surface area contributed by atoms with Crippen molar-refractivity contribution in [2.24, 2.45) is 10.9 Å². The van der Waals surface area contributed by atoms with Gasteiger partial charge in [0.15, 0.2) is 5.96 Å². The van der Waals surface area contributed by atoms with E-state index in [4.69, 9.17) is 0 Å². The second kappa shape index (κ2) is 12.4. The molecule has 0 aliphatic carbocycles. The van der Waals surface area contributed by atoms with E-state index in [0.717, 1.165) is 51.4 Å². The molecular formula is C18H36F3N5. The van der Waals surface area contributed by atoms with Gasteiger partial charge in [0.05, 0.1) is 6.54 Å². The Hall–Kier alpha value is -1.02. The van der Waals surface area contributed by atoms with E-state index in [9.17, 15) is 13.2 Å². The van der Waals surface area contributed by atoms with E-state index in [1.54, 1.807) is 7.05 Å². The number of alkyl halides is 3. The van der Waals surface area contributed by atoms with E-state index in [-0.39, 0.29) is 0 Å². The zero-order chi connectivity index (χ0) is 19.4. The number of aliphatic imine (C=N–C) groups is 1. The van der Waals surface area contributed by atoms with Gasteiger partial charge in [-0.3, -0.25) is 9.89 Å². The molecule has 1 rings (SSSR count). The fraction of sp³-hybridized carbons (Fsp3) is 0.944. The van der Waals surface area contributed by atoms with Crippen LogP contribution in [0.2, 0.25) is 0 Å². The molecule has 0 bridgehead atoms. The molecule has 1 aliphatic rings. The van der Waals surface area contributed by atoms with Gasteiger partial charge in [0.1, 0.15) is 0 Å². The predicted octanol–water partition coefficient (Wildman–Crippen LogP) is 2.55. The number of hydrogen-bond acceptors (Lipinski definition) is 3. The first-order chi connectivity index (χ1) is 12.3. The molecule has 0 unspecified atom stereocenters. The Labute approximate surface area is 156 Å². The van der Waals surface area contributed by atoms with Crippen molar-refractivity contribution in [3.05, 3.63) is 0 Å². The van der Waals surface area contributed by atoms with E-state index in [1.165, 1.54) is 17.7 Å². The van der Waals surface area contributed by atoms with Crippen LogP contribution in [-0.2, 0) is 0 Å². The summed E-state index contributed by atoms with van der Waals surface area (Å²) in [5.41, 5.74) is 0. The summed E-state index contributed by atoms with van der Waals surface area (Å²) in [7, 11) is 3.88. The minimum Gasteiger partial charge on any atom is -0.356 e. The molecule has 5 nitrogen and oxygen atoms in total. The van der Waals surface area contributed by atoms with Crippen LogP contribution in [0.3, 0.4) is 0 Å². The van der Waals surface area contributed by atoms with Gasteiger partial charge in [0.2, 0.25) is 0 Å². The zero-order valence-electron chi connectivity index (χ0n) is 16.5. The van der Waals surface area contributed by atoms with Gasteiger partial charge < -0.3 is 15.5 Å².